The molecule has 0 saturated carbocycles. The third-order valence-electron chi connectivity index (χ3n) is 2.95. The maximum atomic E-state index is 7.61. The number of rotatable bonds is 1. The molecule has 2 atom stereocenters. The molecule has 2 nitrogen and oxygen atoms in total. The van der Waals surface area contributed by atoms with Crippen LogP contribution in [0.15, 0.2) is 0 Å². The van der Waals surface area contributed by atoms with Gasteiger partial charge in [-0.15, -0.1) is 0 Å². The molecule has 0 aromatic carbocycles. The number of piperazine rings is 1. The minimum Gasteiger partial charge on any atom is -0.314 e. The van der Waals surface area contributed by atoms with Crippen molar-refractivity contribution in [3.8, 4) is 0 Å². The van der Waals surface area contributed by atoms with E-state index in [0.29, 0.717) is 18.1 Å². The van der Waals surface area contributed by atoms with E-state index in [1.165, 1.54) is 12.8 Å². The van der Waals surface area contributed by atoms with E-state index in [0.717, 1.165) is 13.1 Å². The lowest BCUT2D eigenvalue weighted by Gasteiger charge is -2.38. The molecule has 0 amide bonds. The van der Waals surface area contributed by atoms with Gasteiger partial charge in [0.2, 0.25) is 0 Å². The van der Waals surface area contributed by atoms with Gasteiger partial charge in [0.1, 0.15) is 1.41 Å². The van der Waals surface area contributed by atoms with Gasteiger partial charge >= 0.3 is 0 Å². The molecule has 11 heavy (non-hydrogen) atoms. The first-order valence-electron chi connectivity index (χ1n) is 5.14. The van der Waals surface area contributed by atoms with Crippen LogP contribution >= 0.6 is 0 Å². The van der Waals surface area contributed by atoms with Gasteiger partial charge in [-0.3, -0.25) is 4.90 Å². The van der Waals surface area contributed by atoms with Gasteiger partial charge in [-0.2, -0.15) is 0 Å². The molecule has 2 fully saturated rings. The number of hydrogen-bond donors (Lipinski definition) is 1. The molecular weight excluding hydrogens is 136 g/mol. The van der Waals surface area contributed by atoms with Crippen molar-refractivity contribution in [3.05, 3.63) is 0 Å². The summed E-state index contributed by atoms with van der Waals surface area (Å²) in [5, 5.41) is 1.74. The normalized spacial score (nSPS) is 41.5. The molecule has 0 radical (unpaired) electrons. The molecular formula is C9H18N2. The Hall–Kier alpha value is -0.0800. The molecule has 2 heterocycles. The van der Waals surface area contributed by atoms with Gasteiger partial charge < -0.3 is 5.31 Å². The highest BCUT2D eigenvalue weighted by molar-refractivity contribution is 4.95. The maximum Gasteiger partial charge on any atom is 0.122 e. The first-order valence-corrected chi connectivity index (χ1v) is 4.69. The van der Waals surface area contributed by atoms with E-state index in [9.17, 15) is 0 Å². The Bertz CT molecular complexity index is 158. The lowest BCUT2D eigenvalue weighted by molar-refractivity contribution is 0.116. The van der Waals surface area contributed by atoms with Crippen LogP contribution in [0.1, 0.15) is 26.7 Å². The van der Waals surface area contributed by atoms with E-state index in [4.69, 9.17) is 1.41 Å². The smallest absolute Gasteiger partial charge is 0.122 e. The number of nitrogens with one attached hydrogen (secondary N) is 1. The summed E-state index contributed by atoms with van der Waals surface area (Å²) in [4.78, 5) is 2.60. The van der Waals surface area contributed by atoms with Gasteiger partial charge in [0.15, 0.2) is 0 Å². The van der Waals surface area contributed by atoms with E-state index in [-0.39, 0.29) is 0 Å². The van der Waals surface area contributed by atoms with Gasteiger partial charge in [-0.25, -0.2) is 0 Å². The summed E-state index contributed by atoms with van der Waals surface area (Å²) in [6, 6.07) is 2.00. The van der Waals surface area contributed by atoms with Gasteiger partial charge in [0.25, 0.3) is 0 Å². The Morgan fingerprint density at radius 1 is 1.36 bits per heavy atom. The minimum absolute atomic E-state index is 0.663. The molecule has 2 saturated heterocycles. The summed E-state index contributed by atoms with van der Waals surface area (Å²) in [5.41, 5.74) is 0. The molecule has 2 aliphatic heterocycles. The van der Waals surface area contributed by atoms with Gasteiger partial charge in [-0.1, -0.05) is 0 Å². The SMILES string of the molecule is [2H]N1CC2CCC(C1)N2C(C)C. The molecule has 0 spiro atoms. The average Bonchev–Trinajstić information content (AvgIpc) is 2.24. The zero-order valence-electron chi connectivity index (χ0n) is 8.45. The van der Waals surface area contributed by atoms with Crippen molar-refractivity contribution in [1.82, 2.24) is 10.2 Å². The molecule has 0 aromatic rings. The zero-order chi connectivity index (χ0) is 8.72. The molecule has 2 rings (SSSR count). The van der Waals surface area contributed by atoms with Crippen molar-refractivity contribution in [3.63, 3.8) is 0 Å². The second-order valence-corrected chi connectivity index (χ2v) is 4.01. The van der Waals surface area contributed by atoms with Crippen molar-refractivity contribution >= 4 is 0 Å². The van der Waals surface area contributed by atoms with Crippen LogP contribution in [0.4, 0.5) is 0 Å². The monoisotopic (exact) mass is 155 g/mol. The number of fused-ring (bicyclic) bond motifs is 2. The van der Waals surface area contributed by atoms with Crippen molar-refractivity contribution in [2.24, 2.45) is 0 Å². The third-order valence-corrected chi connectivity index (χ3v) is 2.95. The van der Waals surface area contributed by atoms with Gasteiger partial charge in [0.05, 0.1) is 0 Å². The van der Waals surface area contributed by atoms with E-state index < -0.39 is 0 Å². The predicted molar refractivity (Wildman–Crippen MR) is 46.7 cm³/mol. The Balaban J connectivity index is 2.09. The second-order valence-electron chi connectivity index (χ2n) is 4.01. The zero-order valence-corrected chi connectivity index (χ0v) is 7.45. The topological polar surface area (TPSA) is 15.3 Å². The molecule has 1 N–H and O–H groups in total. The highest BCUT2D eigenvalue weighted by Crippen LogP contribution is 2.28. The van der Waals surface area contributed by atoms with Crippen molar-refractivity contribution < 1.29 is 1.41 Å². The summed E-state index contributed by atoms with van der Waals surface area (Å²) in [6.45, 7) is 6.44. The highest BCUT2D eigenvalue weighted by Gasteiger charge is 2.37. The van der Waals surface area contributed by atoms with Crippen molar-refractivity contribution in [2.45, 2.75) is 44.8 Å². The predicted octanol–water partition coefficient (Wildman–Crippen LogP) is 0.831. The Kier molecular flexibility index (Phi) is 1.61. The Morgan fingerprint density at radius 3 is 2.36 bits per heavy atom. The van der Waals surface area contributed by atoms with Crippen molar-refractivity contribution in [1.29, 1.82) is 0 Å². The fourth-order valence-electron chi connectivity index (χ4n) is 2.57. The molecule has 2 unspecified atom stereocenters. The summed E-state index contributed by atoms with van der Waals surface area (Å²) in [7, 11) is 0. The molecule has 0 aromatic heterocycles. The fourth-order valence-corrected chi connectivity index (χ4v) is 2.57. The Morgan fingerprint density at radius 2 is 1.91 bits per heavy atom. The van der Waals surface area contributed by atoms with E-state index in [1.54, 1.807) is 5.31 Å². The number of hydrogen-bond acceptors (Lipinski definition) is 2. The van der Waals surface area contributed by atoms with Crippen LogP contribution in [0.25, 0.3) is 0 Å². The first kappa shape index (κ1) is 6.44. The Labute approximate surface area is 70.4 Å². The summed E-state index contributed by atoms with van der Waals surface area (Å²) in [6.07, 6.45) is 2.61. The molecule has 64 valence electrons. The standard InChI is InChI=1S/C9H18N2/c1-7(2)11-8-3-4-9(11)6-10-5-8/h7-10H,3-6H2,1-2H3/i/hD. The highest BCUT2D eigenvalue weighted by atomic mass is 15.3. The fraction of sp³-hybridized carbons (Fsp3) is 1.00. The van der Waals surface area contributed by atoms with Crippen LogP contribution in [0.2, 0.25) is 1.41 Å². The summed E-state index contributed by atoms with van der Waals surface area (Å²) < 4.78 is 7.61. The maximum absolute atomic E-state index is 7.61. The van der Waals surface area contributed by atoms with Gasteiger partial charge in [0, 0.05) is 31.2 Å². The van der Waals surface area contributed by atoms with Crippen LogP contribution < -0.4 is 5.31 Å². The van der Waals surface area contributed by atoms with Crippen LogP contribution in [-0.4, -0.2) is 36.1 Å². The van der Waals surface area contributed by atoms with Gasteiger partial charge in [-0.05, 0) is 26.7 Å². The van der Waals surface area contributed by atoms with Crippen LogP contribution in [0.5, 0.6) is 0 Å². The molecule has 2 aliphatic rings. The lowest BCUT2D eigenvalue weighted by Crippen LogP contribution is -2.54. The second kappa shape index (κ2) is 2.76. The van der Waals surface area contributed by atoms with E-state index in [1.807, 2.05) is 0 Å². The summed E-state index contributed by atoms with van der Waals surface area (Å²) in [5.74, 6) is 0. The first-order chi connectivity index (χ1) is 5.68. The third kappa shape index (κ3) is 1.18. The molecule has 0 aliphatic carbocycles. The van der Waals surface area contributed by atoms with Crippen molar-refractivity contribution in [2.75, 3.05) is 13.1 Å². The van der Waals surface area contributed by atoms with Crippen LogP contribution in [0, 0.1) is 0 Å². The average molecular weight is 155 g/mol. The quantitative estimate of drug-likeness (QED) is 0.603. The van der Waals surface area contributed by atoms with Crippen LogP contribution in [-0.2, 0) is 0 Å². The lowest BCUT2D eigenvalue weighted by atomic mass is 10.1. The number of nitrogens with zero attached hydrogens (tertiary/aromatic N) is 1. The largest absolute Gasteiger partial charge is 0.314 e. The molecule has 2 bridgehead atoms. The van der Waals surface area contributed by atoms with Crippen LogP contribution in [0.3, 0.4) is 0 Å². The van der Waals surface area contributed by atoms with E-state index >= 15 is 0 Å². The minimum atomic E-state index is 0.663. The summed E-state index contributed by atoms with van der Waals surface area (Å²) >= 11 is 0. The van der Waals surface area contributed by atoms with E-state index in [2.05, 4.69) is 18.7 Å². The molecule has 2 heteroatoms.